The van der Waals surface area contributed by atoms with Gasteiger partial charge in [-0.3, -0.25) is 9.97 Å². The van der Waals surface area contributed by atoms with Crippen molar-refractivity contribution in [2.24, 2.45) is 0 Å². The monoisotopic (exact) mass is 352 g/mol. The minimum absolute atomic E-state index is 0.399. The van der Waals surface area contributed by atoms with Crippen molar-refractivity contribution in [3.05, 3.63) is 106 Å². The summed E-state index contributed by atoms with van der Waals surface area (Å²) in [6.07, 6.45) is 3.69. The Hall–Kier alpha value is -2.97. The molecule has 0 radical (unpaired) electrons. The number of halogens is 1. The van der Waals surface area contributed by atoms with Crippen molar-refractivity contribution in [3.8, 4) is 22.5 Å². The highest BCUT2D eigenvalue weighted by Crippen LogP contribution is 2.61. The average molecular weight is 353 g/mol. The van der Waals surface area contributed by atoms with E-state index in [1.165, 1.54) is 33.4 Å². The van der Waals surface area contributed by atoms with Crippen LogP contribution in [0.15, 0.2) is 79.1 Å². The molecular weight excluding hydrogens is 340 g/mol. The second-order valence-corrected chi connectivity index (χ2v) is 7.22. The van der Waals surface area contributed by atoms with Crippen molar-refractivity contribution < 1.29 is 0 Å². The molecule has 2 heterocycles. The predicted octanol–water partition coefficient (Wildman–Crippen LogP) is 5.47. The summed E-state index contributed by atoms with van der Waals surface area (Å²) in [4.78, 5) is 9.38. The molecule has 6 rings (SSSR count). The number of hydrogen-bond donors (Lipinski definition) is 0. The van der Waals surface area contributed by atoms with Gasteiger partial charge in [-0.15, -0.1) is 0 Å². The lowest BCUT2D eigenvalue weighted by Gasteiger charge is -2.29. The molecule has 1 spiro atoms. The van der Waals surface area contributed by atoms with Crippen molar-refractivity contribution >= 4 is 11.6 Å². The van der Waals surface area contributed by atoms with E-state index >= 15 is 0 Å². The highest BCUT2D eigenvalue weighted by atomic mass is 35.5. The Balaban J connectivity index is 1.88. The minimum Gasteiger partial charge on any atom is -0.254 e. The molecule has 2 aromatic carbocycles. The third kappa shape index (κ3) is 1.50. The Morgan fingerprint density at radius 3 is 1.96 bits per heavy atom. The van der Waals surface area contributed by atoms with Crippen LogP contribution in [0.1, 0.15) is 22.3 Å². The summed E-state index contributed by atoms with van der Waals surface area (Å²) in [5.74, 6) is 0. The van der Waals surface area contributed by atoms with Crippen molar-refractivity contribution in [3.63, 3.8) is 0 Å². The minimum atomic E-state index is -0.399. The summed E-state index contributed by atoms with van der Waals surface area (Å²) < 4.78 is 0. The Morgan fingerprint density at radius 2 is 1.23 bits per heavy atom. The molecule has 0 bridgehead atoms. The highest BCUT2D eigenvalue weighted by Gasteiger charge is 2.52. The molecule has 122 valence electrons. The predicted molar refractivity (Wildman–Crippen MR) is 103 cm³/mol. The number of aromatic nitrogens is 2. The van der Waals surface area contributed by atoms with E-state index in [1.54, 1.807) is 0 Å². The molecule has 3 heteroatoms. The van der Waals surface area contributed by atoms with Crippen LogP contribution in [0.4, 0.5) is 0 Å². The third-order valence-corrected chi connectivity index (χ3v) is 5.89. The molecular formula is C23H13ClN2. The van der Waals surface area contributed by atoms with E-state index < -0.39 is 5.41 Å². The first-order valence-corrected chi connectivity index (χ1v) is 9.01. The van der Waals surface area contributed by atoms with Gasteiger partial charge in [-0.25, -0.2) is 0 Å². The molecule has 26 heavy (non-hydrogen) atoms. The molecule has 0 saturated carbocycles. The topological polar surface area (TPSA) is 25.8 Å². The summed E-state index contributed by atoms with van der Waals surface area (Å²) in [6.45, 7) is 0. The smallest absolute Gasteiger partial charge is 0.0937 e. The van der Waals surface area contributed by atoms with Crippen LogP contribution in [-0.2, 0) is 5.41 Å². The van der Waals surface area contributed by atoms with E-state index in [0.717, 1.165) is 16.4 Å². The quantitative estimate of drug-likeness (QED) is 0.362. The van der Waals surface area contributed by atoms with Crippen LogP contribution in [0, 0.1) is 0 Å². The average Bonchev–Trinajstić information content (AvgIpc) is 3.15. The second-order valence-electron chi connectivity index (χ2n) is 6.78. The second kappa shape index (κ2) is 4.80. The van der Waals surface area contributed by atoms with Crippen LogP contribution in [0.3, 0.4) is 0 Å². The SMILES string of the molecule is Clc1ccc2c(c1)C1(c3ccccc3-2)c2cccnc2-c2ncccc21. The first kappa shape index (κ1) is 14.2. The van der Waals surface area contributed by atoms with Gasteiger partial charge < -0.3 is 0 Å². The zero-order valence-electron chi connectivity index (χ0n) is 13.8. The molecule has 0 atom stereocenters. The molecule has 0 fully saturated rings. The lowest BCUT2D eigenvalue weighted by molar-refractivity contribution is 0.789. The van der Waals surface area contributed by atoms with Crippen molar-refractivity contribution in [2.75, 3.05) is 0 Å². The van der Waals surface area contributed by atoms with Crippen LogP contribution in [0.25, 0.3) is 22.5 Å². The summed E-state index contributed by atoms with van der Waals surface area (Å²) in [5.41, 5.74) is 8.87. The van der Waals surface area contributed by atoms with Crippen LogP contribution in [-0.4, -0.2) is 9.97 Å². The van der Waals surface area contributed by atoms with E-state index in [0.29, 0.717) is 0 Å². The van der Waals surface area contributed by atoms with Crippen molar-refractivity contribution in [1.82, 2.24) is 9.97 Å². The first-order chi connectivity index (χ1) is 12.8. The Labute approximate surface area is 156 Å². The number of nitrogens with zero attached hydrogens (tertiary/aromatic N) is 2. The number of fused-ring (bicyclic) bond motifs is 10. The summed E-state index contributed by atoms with van der Waals surface area (Å²) in [5, 5.41) is 0.749. The van der Waals surface area contributed by atoms with Gasteiger partial charge in [0.1, 0.15) is 0 Å². The third-order valence-electron chi connectivity index (χ3n) is 5.65. The number of hydrogen-bond acceptors (Lipinski definition) is 2. The van der Waals surface area contributed by atoms with E-state index in [9.17, 15) is 0 Å². The van der Waals surface area contributed by atoms with Gasteiger partial charge in [0.25, 0.3) is 0 Å². The Kier molecular flexibility index (Phi) is 2.63. The number of pyridine rings is 2. The number of rotatable bonds is 0. The van der Waals surface area contributed by atoms with Gasteiger partial charge in [0, 0.05) is 17.4 Å². The van der Waals surface area contributed by atoms with E-state index in [-0.39, 0.29) is 0 Å². The number of benzene rings is 2. The molecule has 0 N–H and O–H groups in total. The van der Waals surface area contributed by atoms with Gasteiger partial charge in [0.2, 0.25) is 0 Å². The summed E-state index contributed by atoms with van der Waals surface area (Å²) in [7, 11) is 0. The molecule has 2 nitrogen and oxygen atoms in total. The Morgan fingerprint density at radius 1 is 0.615 bits per heavy atom. The van der Waals surface area contributed by atoms with Crippen LogP contribution in [0.2, 0.25) is 5.02 Å². The standard InChI is InChI=1S/C23H13ClN2/c24-14-9-10-16-15-5-1-2-6-17(15)23(20(16)13-14)18-7-3-11-25-21(18)22-19(23)8-4-12-26-22/h1-13H. The first-order valence-electron chi connectivity index (χ1n) is 8.63. The molecule has 0 amide bonds. The van der Waals surface area contributed by atoms with E-state index in [2.05, 4.69) is 48.5 Å². The molecule has 0 saturated heterocycles. The Bertz CT molecular complexity index is 1150. The van der Waals surface area contributed by atoms with Gasteiger partial charge in [-0.05, 0) is 57.6 Å². The van der Waals surface area contributed by atoms with Crippen LogP contribution >= 0.6 is 11.6 Å². The highest BCUT2D eigenvalue weighted by molar-refractivity contribution is 6.30. The molecule has 2 aliphatic carbocycles. The van der Waals surface area contributed by atoms with Gasteiger partial charge in [-0.1, -0.05) is 54.1 Å². The fourth-order valence-corrected chi connectivity index (χ4v) is 4.94. The summed E-state index contributed by atoms with van der Waals surface area (Å²) >= 11 is 6.45. The summed E-state index contributed by atoms with van der Waals surface area (Å²) in [6, 6.07) is 23.2. The van der Waals surface area contributed by atoms with Gasteiger partial charge in [0.05, 0.1) is 16.8 Å². The zero-order chi connectivity index (χ0) is 17.3. The lowest BCUT2D eigenvalue weighted by Crippen LogP contribution is -2.26. The van der Waals surface area contributed by atoms with Gasteiger partial charge >= 0.3 is 0 Å². The maximum absolute atomic E-state index is 6.45. The maximum Gasteiger partial charge on any atom is 0.0937 e. The van der Waals surface area contributed by atoms with E-state index in [1.807, 2.05) is 30.6 Å². The van der Waals surface area contributed by atoms with Gasteiger partial charge in [-0.2, -0.15) is 0 Å². The van der Waals surface area contributed by atoms with E-state index in [4.69, 9.17) is 21.6 Å². The van der Waals surface area contributed by atoms with Crippen LogP contribution < -0.4 is 0 Å². The van der Waals surface area contributed by atoms with Gasteiger partial charge in [0.15, 0.2) is 0 Å². The largest absolute Gasteiger partial charge is 0.254 e. The molecule has 0 unspecified atom stereocenters. The maximum atomic E-state index is 6.45. The lowest BCUT2D eigenvalue weighted by atomic mass is 9.71. The molecule has 0 aliphatic heterocycles. The van der Waals surface area contributed by atoms with Crippen molar-refractivity contribution in [2.45, 2.75) is 5.41 Å². The fourth-order valence-electron chi connectivity index (χ4n) is 4.77. The molecule has 2 aliphatic rings. The van der Waals surface area contributed by atoms with Crippen molar-refractivity contribution in [1.29, 1.82) is 0 Å². The molecule has 2 aromatic heterocycles. The fraction of sp³-hybridized carbons (Fsp3) is 0.0435. The zero-order valence-corrected chi connectivity index (χ0v) is 14.5. The van der Waals surface area contributed by atoms with Crippen LogP contribution in [0.5, 0.6) is 0 Å². The normalized spacial score (nSPS) is 14.7. The molecule has 4 aromatic rings.